The van der Waals surface area contributed by atoms with Crippen molar-refractivity contribution in [3.8, 4) is 11.1 Å². The lowest BCUT2D eigenvalue weighted by molar-refractivity contribution is 0.492. The van der Waals surface area contributed by atoms with Gasteiger partial charge in [0.1, 0.15) is 0 Å². The van der Waals surface area contributed by atoms with E-state index >= 15 is 0 Å². The molecule has 2 aromatic carbocycles. The van der Waals surface area contributed by atoms with Crippen LogP contribution < -0.4 is 4.90 Å². The number of allylic oxidation sites excluding steroid dienone is 1. The summed E-state index contributed by atoms with van der Waals surface area (Å²) in [4.78, 5) is 1.85. The van der Waals surface area contributed by atoms with Crippen molar-refractivity contribution < 1.29 is 13.0 Å². The molecule has 112 valence electrons. The summed E-state index contributed by atoms with van der Waals surface area (Å²) in [6, 6.07) is 18.0. The van der Waals surface area contributed by atoms with E-state index in [9.17, 15) is 8.42 Å². The van der Waals surface area contributed by atoms with Crippen LogP contribution in [0, 0.1) is 0 Å². The summed E-state index contributed by atoms with van der Waals surface area (Å²) in [5.41, 5.74) is 3.18. The van der Waals surface area contributed by atoms with Crippen LogP contribution in [0.25, 0.3) is 11.1 Å². The van der Waals surface area contributed by atoms with Gasteiger partial charge in [-0.3, -0.25) is 4.55 Å². The molecule has 1 heterocycles. The van der Waals surface area contributed by atoms with E-state index in [-0.39, 0.29) is 4.91 Å². The fraction of sp³-hybridized carbons (Fsp3) is 0.0588. The smallest absolute Gasteiger partial charge is 0.294 e. The molecule has 0 unspecified atom stereocenters. The Morgan fingerprint density at radius 1 is 0.955 bits per heavy atom. The van der Waals surface area contributed by atoms with Gasteiger partial charge in [-0.2, -0.15) is 8.42 Å². The van der Waals surface area contributed by atoms with E-state index in [1.54, 1.807) is 6.20 Å². The Hall–Kier alpha value is -2.37. The molecule has 1 aliphatic heterocycles. The fourth-order valence-electron chi connectivity index (χ4n) is 2.36. The van der Waals surface area contributed by atoms with Crippen LogP contribution in [-0.2, 0) is 10.1 Å². The van der Waals surface area contributed by atoms with Gasteiger partial charge in [-0.1, -0.05) is 42.5 Å². The maximum Gasteiger partial charge on any atom is 0.294 e. The van der Waals surface area contributed by atoms with Crippen molar-refractivity contribution >= 4 is 15.8 Å². The highest BCUT2D eigenvalue weighted by Crippen LogP contribution is 2.26. The number of hydrogen-bond acceptors (Lipinski definition) is 3. The topological polar surface area (TPSA) is 57.6 Å². The van der Waals surface area contributed by atoms with Crippen LogP contribution in [0.3, 0.4) is 0 Å². The Balaban J connectivity index is 1.86. The van der Waals surface area contributed by atoms with E-state index in [0.29, 0.717) is 6.54 Å². The molecule has 0 saturated heterocycles. The zero-order valence-corrected chi connectivity index (χ0v) is 12.6. The van der Waals surface area contributed by atoms with E-state index in [0.717, 1.165) is 16.8 Å². The van der Waals surface area contributed by atoms with Crippen molar-refractivity contribution in [3.63, 3.8) is 0 Å². The number of benzene rings is 2. The second-order valence-electron chi connectivity index (χ2n) is 4.97. The molecule has 0 radical (unpaired) electrons. The molecular formula is C17H15NO3S. The number of anilines is 1. The lowest BCUT2D eigenvalue weighted by atomic mass is 10.0. The van der Waals surface area contributed by atoms with Gasteiger partial charge in [0.05, 0.1) is 4.91 Å². The summed E-state index contributed by atoms with van der Waals surface area (Å²) in [7, 11) is -4.14. The van der Waals surface area contributed by atoms with E-state index in [2.05, 4.69) is 0 Å². The van der Waals surface area contributed by atoms with Crippen molar-refractivity contribution in [1.82, 2.24) is 0 Å². The molecule has 0 atom stereocenters. The minimum absolute atomic E-state index is 0.0667. The summed E-state index contributed by atoms with van der Waals surface area (Å²) >= 11 is 0. The second-order valence-corrected chi connectivity index (χ2v) is 6.39. The van der Waals surface area contributed by atoms with Crippen molar-refractivity contribution in [2.75, 3.05) is 11.4 Å². The van der Waals surface area contributed by atoms with Gasteiger partial charge in [-0.25, -0.2) is 0 Å². The summed E-state index contributed by atoms with van der Waals surface area (Å²) in [6.07, 6.45) is 4.55. The minimum atomic E-state index is -4.14. The molecule has 2 aromatic rings. The highest BCUT2D eigenvalue weighted by molar-refractivity contribution is 7.90. The maximum absolute atomic E-state index is 11.1. The second kappa shape index (κ2) is 5.79. The van der Waals surface area contributed by atoms with Gasteiger partial charge in [0, 0.05) is 18.4 Å². The van der Waals surface area contributed by atoms with Gasteiger partial charge in [0.25, 0.3) is 10.1 Å². The normalized spacial score (nSPS) is 14.8. The summed E-state index contributed by atoms with van der Waals surface area (Å²) in [6.45, 7) is 0.393. The van der Waals surface area contributed by atoms with Crippen LogP contribution in [0.2, 0.25) is 0 Å². The average Bonchev–Trinajstić information content (AvgIpc) is 2.55. The molecule has 0 aromatic heterocycles. The number of nitrogens with zero attached hydrogens (tertiary/aromatic N) is 1. The largest absolute Gasteiger partial charge is 0.344 e. The van der Waals surface area contributed by atoms with Gasteiger partial charge in [0.15, 0.2) is 0 Å². The molecule has 1 aliphatic rings. The first kappa shape index (κ1) is 14.6. The molecule has 22 heavy (non-hydrogen) atoms. The fourth-order valence-corrected chi connectivity index (χ4v) is 2.88. The summed E-state index contributed by atoms with van der Waals surface area (Å²) in [5, 5.41) is 0. The zero-order valence-electron chi connectivity index (χ0n) is 11.8. The van der Waals surface area contributed by atoms with Crippen LogP contribution in [0.1, 0.15) is 0 Å². The average molecular weight is 313 g/mol. The number of hydrogen-bond donors (Lipinski definition) is 1. The first-order valence-electron chi connectivity index (χ1n) is 6.82. The molecule has 0 fully saturated rings. The van der Waals surface area contributed by atoms with Crippen molar-refractivity contribution in [3.05, 3.63) is 77.9 Å². The van der Waals surface area contributed by atoms with E-state index in [4.69, 9.17) is 4.55 Å². The van der Waals surface area contributed by atoms with Crippen LogP contribution in [-0.4, -0.2) is 19.5 Å². The molecule has 0 saturated carbocycles. The van der Waals surface area contributed by atoms with E-state index in [1.165, 1.54) is 12.2 Å². The Labute approximate surface area is 129 Å². The molecule has 5 heteroatoms. The van der Waals surface area contributed by atoms with Gasteiger partial charge in [0.2, 0.25) is 0 Å². The molecule has 0 amide bonds. The Kier molecular flexibility index (Phi) is 3.83. The SMILES string of the molecule is O=S(=O)(O)C1=CCN(c2cccc(-c3ccccc3)c2)C=C1. The molecule has 0 bridgehead atoms. The highest BCUT2D eigenvalue weighted by atomic mass is 32.2. The highest BCUT2D eigenvalue weighted by Gasteiger charge is 2.15. The van der Waals surface area contributed by atoms with Crippen LogP contribution >= 0.6 is 0 Å². The van der Waals surface area contributed by atoms with Crippen LogP contribution in [0.5, 0.6) is 0 Å². The summed E-state index contributed by atoms with van der Waals surface area (Å²) < 4.78 is 31.2. The first-order valence-corrected chi connectivity index (χ1v) is 8.26. The van der Waals surface area contributed by atoms with Crippen molar-refractivity contribution in [2.24, 2.45) is 0 Å². The van der Waals surface area contributed by atoms with Crippen molar-refractivity contribution in [1.29, 1.82) is 0 Å². The first-order chi connectivity index (χ1) is 10.5. The lowest BCUT2D eigenvalue weighted by Gasteiger charge is -2.22. The quantitative estimate of drug-likeness (QED) is 0.882. The Morgan fingerprint density at radius 3 is 2.32 bits per heavy atom. The maximum atomic E-state index is 11.1. The predicted octanol–water partition coefficient (Wildman–Crippen LogP) is 3.46. The van der Waals surface area contributed by atoms with Gasteiger partial charge < -0.3 is 4.90 Å². The molecule has 4 nitrogen and oxygen atoms in total. The monoisotopic (exact) mass is 313 g/mol. The molecule has 0 aliphatic carbocycles. The molecular weight excluding hydrogens is 298 g/mol. The van der Waals surface area contributed by atoms with E-state index in [1.807, 2.05) is 59.5 Å². The molecule has 1 N–H and O–H groups in total. The third kappa shape index (κ3) is 3.10. The van der Waals surface area contributed by atoms with Gasteiger partial charge in [-0.15, -0.1) is 0 Å². The van der Waals surface area contributed by atoms with Crippen LogP contribution in [0.15, 0.2) is 77.9 Å². The number of rotatable bonds is 3. The standard InChI is InChI=1S/C17H15NO3S/c19-22(20,21)17-9-11-18(12-10-17)16-8-4-7-15(13-16)14-5-2-1-3-6-14/h1-11,13H,12H2,(H,19,20,21). The Bertz CT molecular complexity index is 839. The van der Waals surface area contributed by atoms with Crippen molar-refractivity contribution in [2.45, 2.75) is 0 Å². The zero-order chi connectivity index (χ0) is 15.6. The third-order valence-corrected chi connectivity index (χ3v) is 4.39. The third-order valence-electron chi connectivity index (χ3n) is 3.49. The molecule has 3 rings (SSSR count). The Morgan fingerprint density at radius 2 is 1.68 bits per heavy atom. The predicted molar refractivity (Wildman–Crippen MR) is 88.0 cm³/mol. The lowest BCUT2D eigenvalue weighted by Crippen LogP contribution is -2.20. The van der Waals surface area contributed by atoms with Gasteiger partial charge >= 0.3 is 0 Å². The van der Waals surface area contributed by atoms with Gasteiger partial charge in [-0.05, 0) is 35.4 Å². The van der Waals surface area contributed by atoms with Crippen LogP contribution in [0.4, 0.5) is 5.69 Å². The minimum Gasteiger partial charge on any atom is -0.344 e. The summed E-state index contributed by atoms with van der Waals surface area (Å²) in [5.74, 6) is 0. The van der Waals surface area contributed by atoms with E-state index < -0.39 is 10.1 Å². The molecule has 0 spiro atoms.